The van der Waals surface area contributed by atoms with Crippen LogP contribution in [0.15, 0.2) is 53.4 Å². The Hall–Kier alpha value is -3.13. The summed E-state index contributed by atoms with van der Waals surface area (Å²) in [5.41, 5.74) is 0.709. The van der Waals surface area contributed by atoms with Crippen molar-refractivity contribution in [1.29, 1.82) is 0 Å². The molecular weight excluding hydrogens is 371 g/mol. The van der Waals surface area contributed by atoms with Crippen LogP contribution in [0.4, 0.5) is 14.9 Å². The second-order valence-electron chi connectivity index (χ2n) is 5.57. The van der Waals surface area contributed by atoms with Gasteiger partial charge in [-0.2, -0.15) is 0 Å². The topological polar surface area (TPSA) is 75.7 Å². The molecule has 1 saturated heterocycles. The van der Waals surface area contributed by atoms with E-state index in [1.54, 1.807) is 30.3 Å². The van der Waals surface area contributed by atoms with E-state index in [1.807, 2.05) is 0 Å². The lowest BCUT2D eigenvalue weighted by atomic mass is 10.2. The first-order chi connectivity index (χ1) is 13.0. The van der Waals surface area contributed by atoms with Gasteiger partial charge in [0.25, 0.3) is 11.1 Å². The lowest BCUT2D eigenvalue weighted by Gasteiger charge is -2.12. The molecule has 1 aliphatic rings. The van der Waals surface area contributed by atoms with Crippen molar-refractivity contribution in [3.63, 3.8) is 0 Å². The molecule has 1 fully saturated rings. The van der Waals surface area contributed by atoms with Crippen molar-refractivity contribution in [1.82, 2.24) is 4.90 Å². The third-order valence-electron chi connectivity index (χ3n) is 3.74. The van der Waals surface area contributed by atoms with Gasteiger partial charge < -0.3 is 10.1 Å². The number of hydrogen-bond acceptors (Lipinski definition) is 5. The van der Waals surface area contributed by atoms with Crippen LogP contribution in [0, 0.1) is 5.82 Å². The lowest BCUT2D eigenvalue weighted by molar-refractivity contribution is -0.127. The molecule has 27 heavy (non-hydrogen) atoms. The molecule has 2 aromatic carbocycles. The van der Waals surface area contributed by atoms with Crippen LogP contribution in [0.3, 0.4) is 0 Å². The fourth-order valence-corrected chi connectivity index (χ4v) is 3.22. The van der Waals surface area contributed by atoms with Gasteiger partial charge in [0, 0.05) is 11.3 Å². The van der Waals surface area contributed by atoms with Gasteiger partial charge in [0.15, 0.2) is 0 Å². The molecule has 3 amide bonds. The van der Waals surface area contributed by atoms with E-state index in [9.17, 15) is 18.8 Å². The van der Waals surface area contributed by atoms with Gasteiger partial charge >= 0.3 is 0 Å². The fraction of sp³-hybridized carbons (Fsp3) is 0.105. The number of rotatable bonds is 5. The highest BCUT2D eigenvalue weighted by Crippen LogP contribution is 2.32. The average molecular weight is 386 g/mol. The van der Waals surface area contributed by atoms with Crippen LogP contribution in [-0.2, 0) is 9.59 Å². The maximum Gasteiger partial charge on any atom is 0.294 e. The molecule has 0 aliphatic carbocycles. The van der Waals surface area contributed by atoms with Crippen molar-refractivity contribution in [3.05, 3.63) is 64.8 Å². The summed E-state index contributed by atoms with van der Waals surface area (Å²) in [5, 5.41) is 2.03. The Morgan fingerprint density at radius 3 is 2.56 bits per heavy atom. The summed E-state index contributed by atoms with van der Waals surface area (Å²) in [4.78, 5) is 37.5. The second-order valence-corrected chi connectivity index (χ2v) is 6.56. The average Bonchev–Trinajstić information content (AvgIpc) is 2.91. The number of nitrogens with one attached hydrogen (secondary N) is 1. The van der Waals surface area contributed by atoms with Gasteiger partial charge in [0.1, 0.15) is 18.1 Å². The van der Waals surface area contributed by atoms with Crippen molar-refractivity contribution >= 4 is 40.6 Å². The molecule has 0 atom stereocenters. The van der Waals surface area contributed by atoms with E-state index in [2.05, 4.69) is 5.32 Å². The minimum absolute atomic E-state index is 0.0716. The number of ether oxygens (including phenoxy) is 1. The van der Waals surface area contributed by atoms with E-state index in [-0.39, 0.29) is 10.5 Å². The fourth-order valence-electron chi connectivity index (χ4n) is 2.39. The van der Waals surface area contributed by atoms with E-state index in [1.165, 1.54) is 31.4 Å². The van der Waals surface area contributed by atoms with Gasteiger partial charge in [-0.1, -0.05) is 18.2 Å². The van der Waals surface area contributed by atoms with Crippen LogP contribution in [0.1, 0.15) is 5.56 Å². The maximum atomic E-state index is 13.7. The molecule has 0 bridgehead atoms. The van der Waals surface area contributed by atoms with E-state index in [4.69, 9.17) is 4.74 Å². The zero-order valence-corrected chi connectivity index (χ0v) is 15.1. The first kappa shape index (κ1) is 18.7. The molecule has 0 radical (unpaired) electrons. The zero-order valence-electron chi connectivity index (χ0n) is 14.3. The molecule has 0 unspecified atom stereocenters. The summed E-state index contributed by atoms with van der Waals surface area (Å²) in [6.07, 6.45) is 1.31. The number of imide groups is 1. The number of halogens is 1. The second kappa shape index (κ2) is 8.05. The van der Waals surface area contributed by atoms with Crippen LogP contribution in [0.5, 0.6) is 5.75 Å². The molecule has 6 nitrogen and oxygen atoms in total. The van der Waals surface area contributed by atoms with E-state index < -0.39 is 29.4 Å². The van der Waals surface area contributed by atoms with Crippen LogP contribution in [0.2, 0.25) is 0 Å². The Morgan fingerprint density at radius 1 is 1.19 bits per heavy atom. The standard InChI is InChI=1S/C19H15FN2O4S/c1-26-14-8-6-13(7-9-14)21-17(23)11-22-18(24)16(27-19(22)25)10-12-4-2-3-5-15(12)20/h2-10H,11H2,1H3,(H,21,23)/b16-10+. The highest BCUT2D eigenvalue weighted by molar-refractivity contribution is 8.18. The number of carbonyl (C=O) groups excluding carboxylic acids is 3. The van der Waals surface area contributed by atoms with Crippen molar-refractivity contribution in [2.24, 2.45) is 0 Å². The predicted molar refractivity (Wildman–Crippen MR) is 101 cm³/mol. The van der Waals surface area contributed by atoms with Crippen LogP contribution in [0.25, 0.3) is 6.08 Å². The van der Waals surface area contributed by atoms with Gasteiger partial charge in [0.2, 0.25) is 5.91 Å². The van der Waals surface area contributed by atoms with Crippen LogP contribution in [-0.4, -0.2) is 35.6 Å². The van der Waals surface area contributed by atoms with Crippen LogP contribution >= 0.6 is 11.8 Å². The van der Waals surface area contributed by atoms with Gasteiger partial charge in [-0.3, -0.25) is 19.3 Å². The summed E-state index contributed by atoms with van der Waals surface area (Å²) in [6.45, 7) is -0.425. The van der Waals surface area contributed by atoms with Gasteiger partial charge in [-0.25, -0.2) is 4.39 Å². The number of hydrogen-bond donors (Lipinski definition) is 1. The minimum Gasteiger partial charge on any atom is -0.497 e. The molecule has 3 rings (SSSR count). The first-order valence-electron chi connectivity index (χ1n) is 7.92. The quantitative estimate of drug-likeness (QED) is 0.796. The summed E-state index contributed by atoms with van der Waals surface area (Å²) in [6, 6.07) is 12.5. The van der Waals surface area contributed by atoms with E-state index >= 15 is 0 Å². The molecule has 1 aliphatic heterocycles. The Kier molecular flexibility index (Phi) is 5.56. The molecule has 8 heteroatoms. The molecule has 1 heterocycles. The van der Waals surface area contributed by atoms with E-state index in [0.717, 1.165) is 4.90 Å². The Balaban J connectivity index is 1.68. The normalized spacial score (nSPS) is 15.3. The molecular formula is C19H15FN2O4S. The summed E-state index contributed by atoms with van der Waals surface area (Å²) in [5.74, 6) is -1.01. The summed E-state index contributed by atoms with van der Waals surface area (Å²) < 4.78 is 18.8. The highest BCUT2D eigenvalue weighted by Gasteiger charge is 2.36. The smallest absolute Gasteiger partial charge is 0.294 e. The number of benzene rings is 2. The van der Waals surface area contributed by atoms with Crippen molar-refractivity contribution < 1.29 is 23.5 Å². The monoisotopic (exact) mass is 386 g/mol. The van der Waals surface area contributed by atoms with Gasteiger partial charge in [0.05, 0.1) is 12.0 Å². The Morgan fingerprint density at radius 2 is 1.89 bits per heavy atom. The minimum atomic E-state index is -0.627. The Labute approximate surface area is 159 Å². The first-order valence-corrected chi connectivity index (χ1v) is 8.73. The third kappa shape index (κ3) is 4.35. The predicted octanol–water partition coefficient (Wildman–Crippen LogP) is 3.51. The highest BCUT2D eigenvalue weighted by atomic mass is 32.2. The largest absolute Gasteiger partial charge is 0.497 e. The molecule has 0 aromatic heterocycles. The van der Waals surface area contributed by atoms with E-state index in [0.29, 0.717) is 23.2 Å². The number of carbonyl (C=O) groups is 3. The molecule has 0 spiro atoms. The number of anilines is 1. The lowest BCUT2D eigenvalue weighted by Crippen LogP contribution is -2.36. The summed E-state index contributed by atoms with van der Waals surface area (Å²) >= 11 is 0.674. The Bertz CT molecular complexity index is 928. The molecule has 138 valence electrons. The van der Waals surface area contributed by atoms with Crippen LogP contribution < -0.4 is 10.1 Å². The van der Waals surface area contributed by atoms with Crippen molar-refractivity contribution in [2.75, 3.05) is 19.0 Å². The summed E-state index contributed by atoms with van der Waals surface area (Å²) in [7, 11) is 1.53. The van der Waals surface area contributed by atoms with Gasteiger partial charge in [-0.05, 0) is 48.2 Å². The van der Waals surface area contributed by atoms with Crippen molar-refractivity contribution in [2.45, 2.75) is 0 Å². The molecule has 2 aromatic rings. The maximum absolute atomic E-state index is 13.7. The number of nitrogens with zero attached hydrogens (tertiary/aromatic N) is 1. The number of amides is 3. The molecule has 1 N–H and O–H groups in total. The van der Waals surface area contributed by atoms with Crippen molar-refractivity contribution in [3.8, 4) is 5.75 Å². The third-order valence-corrected chi connectivity index (χ3v) is 4.65. The van der Waals surface area contributed by atoms with Gasteiger partial charge in [-0.15, -0.1) is 0 Å². The number of thioether (sulfide) groups is 1. The number of methoxy groups -OCH3 is 1. The SMILES string of the molecule is COc1ccc(NC(=O)CN2C(=O)S/C(=C/c3ccccc3F)C2=O)cc1. The zero-order chi connectivity index (χ0) is 19.4. The molecule has 0 saturated carbocycles.